The van der Waals surface area contributed by atoms with Crippen LogP contribution < -0.4 is 10.1 Å². The third kappa shape index (κ3) is 5.70. The lowest BCUT2D eigenvalue weighted by Crippen LogP contribution is -2.52. The number of H-pyrrole nitrogens is 2. The molecule has 1 aliphatic carbocycles. The molecule has 0 radical (unpaired) electrons. The minimum atomic E-state index is -0.961. The Morgan fingerprint density at radius 2 is 1.87 bits per heavy atom. The SMILES string of the molecule is COC[C@H]1C[C@@H](c2ncc(-c3ccc4c(c3)COc3cc5c(ccc6[nH]c([C@@H]7C[C@H]8C[C@H]8N7C(=O)C(NC(=O)OC)C(C)C)nc65)cc3-4)[nH]2)N(C(=O)O)C1. The molecule has 54 heavy (non-hydrogen) atoms. The van der Waals surface area contributed by atoms with Crippen LogP contribution >= 0.6 is 0 Å². The molecule has 4 aliphatic rings. The lowest BCUT2D eigenvalue weighted by molar-refractivity contribution is -0.136. The van der Waals surface area contributed by atoms with Crippen LogP contribution in [-0.4, -0.2) is 92.4 Å². The number of piperidine rings is 1. The maximum absolute atomic E-state index is 13.9. The van der Waals surface area contributed by atoms with E-state index >= 15 is 0 Å². The molecule has 3 aromatic carbocycles. The molecule has 9 rings (SSSR count). The zero-order valence-electron chi connectivity index (χ0n) is 30.6. The molecule has 2 aromatic heterocycles. The van der Waals surface area contributed by atoms with Crippen molar-refractivity contribution in [3.05, 3.63) is 65.9 Å². The van der Waals surface area contributed by atoms with Gasteiger partial charge in [0.25, 0.3) is 0 Å². The second-order valence-electron chi connectivity index (χ2n) is 15.4. The number of carbonyl (C=O) groups excluding carboxylic acids is 2. The zero-order valence-corrected chi connectivity index (χ0v) is 30.6. The van der Waals surface area contributed by atoms with Gasteiger partial charge in [-0.1, -0.05) is 32.0 Å². The Morgan fingerprint density at radius 1 is 1.02 bits per heavy atom. The molecule has 0 bridgehead atoms. The van der Waals surface area contributed by atoms with E-state index in [1.165, 1.54) is 12.0 Å². The molecular weight excluding hydrogens is 690 g/mol. The molecule has 0 spiro atoms. The summed E-state index contributed by atoms with van der Waals surface area (Å²) in [6.45, 7) is 5.14. The number of nitrogens with one attached hydrogen (secondary N) is 3. The standard InChI is InChI=1S/C40H43N7O7/c1-19(2)34(45-39(49)53-4)38(48)47-30-12-23(30)13-32(47)37-42-28-8-6-21-11-27-25-7-5-22(10-24(25)18-54-33(27)14-26(21)35(28)44-37)29-15-41-36(43-29)31-9-20(17-52-3)16-46(31)40(50)51/h5-8,10-11,14-15,19-20,23,30-32,34H,9,12-13,16-18H2,1-4H3,(H,41,43)(H,42,44)(H,45,49)(H,50,51)/t20-,23+,30+,31-,32-,34?/m0/s1. The van der Waals surface area contributed by atoms with E-state index in [0.717, 1.165) is 74.2 Å². The Morgan fingerprint density at radius 3 is 2.65 bits per heavy atom. The summed E-state index contributed by atoms with van der Waals surface area (Å²) >= 11 is 0. The largest absolute Gasteiger partial charge is 0.488 e. The van der Waals surface area contributed by atoms with Gasteiger partial charge in [-0.15, -0.1) is 0 Å². The summed E-state index contributed by atoms with van der Waals surface area (Å²) in [5, 5.41) is 14.6. The Bertz CT molecular complexity index is 2320. The molecule has 4 N–H and O–H groups in total. The van der Waals surface area contributed by atoms with Crippen molar-refractivity contribution < 1.29 is 33.7 Å². The van der Waals surface area contributed by atoms with Crippen molar-refractivity contribution in [2.45, 2.75) is 63.9 Å². The van der Waals surface area contributed by atoms with Crippen LogP contribution in [0.4, 0.5) is 9.59 Å². The minimum Gasteiger partial charge on any atom is -0.488 e. The number of carbonyl (C=O) groups is 3. The fraction of sp³-hybridized carbons (Fsp3) is 0.425. The zero-order chi connectivity index (χ0) is 37.4. The number of hydrogen-bond acceptors (Lipinski definition) is 8. The Balaban J connectivity index is 0.992. The third-order valence-electron chi connectivity index (χ3n) is 11.7. The number of likely N-dealkylation sites (tertiary alicyclic amines) is 2. The number of methoxy groups -OCH3 is 2. The maximum atomic E-state index is 13.9. The van der Waals surface area contributed by atoms with Crippen molar-refractivity contribution >= 4 is 39.9 Å². The highest BCUT2D eigenvalue weighted by Crippen LogP contribution is 2.54. The smallest absolute Gasteiger partial charge is 0.407 e. The van der Waals surface area contributed by atoms with Gasteiger partial charge in [0, 0.05) is 36.6 Å². The number of aromatic nitrogens is 4. The topological polar surface area (TPSA) is 175 Å². The number of imidazole rings is 2. The number of carboxylic acid groups (broad SMARTS) is 1. The van der Waals surface area contributed by atoms with Gasteiger partial charge in [0.05, 0.1) is 48.7 Å². The molecular formula is C40H43N7O7. The number of hydrogen-bond donors (Lipinski definition) is 4. The van der Waals surface area contributed by atoms with Crippen LogP contribution in [0.25, 0.3) is 44.2 Å². The van der Waals surface area contributed by atoms with Crippen LogP contribution in [0.5, 0.6) is 5.75 Å². The highest BCUT2D eigenvalue weighted by molar-refractivity contribution is 6.07. The molecule has 14 heteroatoms. The van der Waals surface area contributed by atoms with E-state index in [2.05, 4.69) is 56.7 Å². The number of alkyl carbamates (subject to hydrolysis) is 1. The molecule has 3 aliphatic heterocycles. The number of fused-ring (bicyclic) bond motifs is 7. The van der Waals surface area contributed by atoms with Crippen molar-refractivity contribution in [2.75, 3.05) is 27.4 Å². The summed E-state index contributed by atoms with van der Waals surface area (Å²) in [5.41, 5.74) is 6.58. The molecule has 3 amide bonds. The van der Waals surface area contributed by atoms with Crippen LogP contribution in [0.15, 0.2) is 48.7 Å². The van der Waals surface area contributed by atoms with Gasteiger partial charge in [0.2, 0.25) is 5.91 Å². The van der Waals surface area contributed by atoms with E-state index < -0.39 is 18.2 Å². The summed E-state index contributed by atoms with van der Waals surface area (Å²) in [7, 11) is 2.93. The molecule has 5 aromatic rings. The van der Waals surface area contributed by atoms with Crippen molar-refractivity contribution in [1.82, 2.24) is 35.1 Å². The number of rotatable bonds is 8. The van der Waals surface area contributed by atoms with Gasteiger partial charge < -0.3 is 39.5 Å². The van der Waals surface area contributed by atoms with E-state index in [1.54, 1.807) is 13.3 Å². The molecule has 1 saturated carbocycles. The van der Waals surface area contributed by atoms with E-state index in [-0.39, 0.29) is 35.9 Å². The molecule has 280 valence electrons. The lowest BCUT2D eigenvalue weighted by Gasteiger charge is -2.31. The average Bonchev–Trinajstić information content (AvgIpc) is 3.64. The second kappa shape index (κ2) is 13.0. The van der Waals surface area contributed by atoms with Crippen LogP contribution in [0, 0.1) is 17.8 Å². The van der Waals surface area contributed by atoms with E-state index in [9.17, 15) is 19.5 Å². The van der Waals surface area contributed by atoms with Crippen molar-refractivity contribution in [3.8, 4) is 28.1 Å². The highest BCUT2D eigenvalue weighted by atomic mass is 16.5. The summed E-state index contributed by atoms with van der Waals surface area (Å²) < 4.78 is 16.5. The predicted octanol–water partition coefficient (Wildman–Crippen LogP) is 6.40. The van der Waals surface area contributed by atoms with Crippen molar-refractivity contribution in [1.29, 1.82) is 0 Å². The first-order valence-electron chi connectivity index (χ1n) is 18.5. The van der Waals surface area contributed by atoms with Crippen LogP contribution in [-0.2, 0) is 20.9 Å². The second-order valence-corrected chi connectivity index (χ2v) is 15.4. The first-order chi connectivity index (χ1) is 26.1. The van der Waals surface area contributed by atoms with Gasteiger partial charge in [-0.05, 0) is 77.4 Å². The summed E-state index contributed by atoms with van der Waals surface area (Å²) in [6, 6.07) is 13.5. The number of nitrogens with zero attached hydrogens (tertiary/aromatic N) is 4. The van der Waals surface area contributed by atoms with Crippen molar-refractivity contribution in [2.24, 2.45) is 17.8 Å². The van der Waals surface area contributed by atoms with Gasteiger partial charge in [0.15, 0.2) is 0 Å². The van der Waals surface area contributed by atoms with Crippen LogP contribution in [0.2, 0.25) is 0 Å². The normalized spacial score (nSPS) is 23.2. The summed E-state index contributed by atoms with van der Waals surface area (Å²) in [6.07, 6.45) is 2.62. The minimum absolute atomic E-state index is 0.109. The Kier molecular flexibility index (Phi) is 8.25. The monoisotopic (exact) mass is 733 g/mol. The molecule has 3 fully saturated rings. The van der Waals surface area contributed by atoms with Gasteiger partial charge in [0.1, 0.15) is 30.0 Å². The first kappa shape index (κ1) is 34.2. The van der Waals surface area contributed by atoms with Gasteiger partial charge in [-0.25, -0.2) is 19.6 Å². The van der Waals surface area contributed by atoms with E-state index in [4.69, 9.17) is 19.2 Å². The molecule has 1 unspecified atom stereocenters. The number of amides is 3. The van der Waals surface area contributed by atoms with Gasteiger partial charge >= 0.3 is 12.2 Å². The number of ether oxygens (including phenoxy) is 3. The number of aromatic amines is 2. The third-order valence-corrected chi connectivity index (χ3v) is 11.7. The lowest BCUT2D eigenvalue weighted by atomic mass is 9.92. The molecule has 14 nitrogen and oxygen atoms in total. The highest BCUT2D eigenvalue weighted by Gasteiger charge is 2.56. The number of benzene rings is 3. The predicted molar refractivity (Wildman–Crippen MR) is 199 cm³/mol. The Labute approximate surface area is 311 Å². The van der Waals surface area contributed by atoms with Crippen LogP contribution in [0.3, 0.4) is 0 Å². The fourth-order valence-corrected chi connectivity index (χ4v) is 8.91. The van der Waals surface area contributed by atoms with Crippen LogP contribution in [0.1, 0.15) is 62.4 Å². The maximum Gasteiger partial charge on any atom is 0.407 e. The quantitative estimate of drug-likeness (QED) is 0.141. The van der Waals surface area contributed by atoms with Gasteiger partial charge in [-0.2, -0.15) is 0 Å². The average molecular weight is 734 g/mol. The summed E-state index contributed by atoms with van der Waals surface area (Å²) in [5.74, 6) is 2.47. The first-order valence-corrected chi connectivity index (χ1v) is 18.5. The van der Waals surface area contributed by atoms with E-state index in [1.807, 2.05) is 24.8 Å². The van der Waals surface area contributed by atoms with Gasteiger partial charge in [-0.3, -0.25) is 9.69 Å². The molecule has 2 saturated heterocycles. The molecule has 6 atom stereocenters. The van der Waals surface area contributed by atoms with Crippen molar-refractivity contribution in [3.63, 3.8) is 0 Å². The summed E-state index contributed by atoms with van der Waals surface area (Å²) in [4.78, 5) is 58.1. The van der Waals surface area contributed by atoms with E-state index in [0.29, 0.717) is 37.9 Å². The fourth-order valence-electron chi connectivity index (χ4n) is 8.91. The molecule has 5 heterocycles. The Hall–Kier alpha value is -5.63.